The Balaban J connectivity index is 2.21. The van der Waals surface area contributed by atoms with Crippen molar-refractivity contribution in [3.05, 3.63) is 47.7 Å². The van der Waals surface area contributed by atoms with Crippen LogP contribution in [0.25, 0.3) is 0 Å². The molecule has 0 aliphatic rings. The molecule has 0 bridgehead atoms. The van der Waals surface area contributed by atoms with Gasteiger partial charge in [-0.1, -0.05) is 30.3 Å². The average Bonchev–Trinajstić information content (AvgIpc) is 2.77. The van der Waals surface area contributed by atoms with Crippen molar-refractivity contribution in [2.75, 3.05) is 6.54 Å². The van der Waals surface area contributed by atoms with Crippen LogP contribution in [0.3, 0.4) is 0 Å². The highest BCUT2D eigenvalue weighted by molar-refractivity contribution is 5.24. The van der Waals surface area contributed by atoms with Crippen LogP contribution >= 0.6 is 0 Å². The molecule has 0 amide bonds. The van der Waals surface area contributed by atoms with Gasteiger partial charge in [0.1, 0.15) is 6.42 Å². The highest BCUT2D eigenvalue weighted by Crippen LogP contribution is 2.25. The van der Waals surface area contributed by atoms with Crippen molar-refractivity contribution in [2.24, 2.45) is 5.73 Å². The van der Waals surface area contributed by atoms with Gasteiger partial charge in [-0.15, -0.1) is 10.2 Å². The molecule has 102 valence electrons. The van der Waals surface area contributed by atoms with E-state index in [0.29, 0.717) is 0 Å². The number of hydrogen-bond donors (Lipinski definition) is 1. The SMILES string of the molecule is NCC(c1ccccc1)c1nnc(CC(F)(F)F)o1. The highest BCUT2D eigenvalue weighted by Gasteiger charge is 2.31. The van der Waals surface area contributed by atoms with E-state index >= 15 is 0 Å². The summed E-state index contributed by atoms with van der Waals surface area (Å²) in [6.45, 7) is 0.178. The van der Waals surface area contributed by atoms with Gasteiger partial charge in [-0.2, -0.15) is 13.2 Å². The first kappa shape index (κ1) is 13.5. The second-order valence-electron chi connectivity index (χ2n) is 4.02. The summed E-state index contributed by atoms with van der Waals surface area (Å²) in [5, 5.41) is 7.05. The number of rotatable bonds is 4. The second-order valence-corrected chi connectivity index (χ2v) is 4.02. The summed E-state index contributed by atoms with van der Waals surface area (Å²) in [4.78, 5) is 0. The Bertz CT molecular complexity index is 525. The van der Waals surface area contributed by atoms with Crippen molar-refractivity contribution >= 4 is 0 Å². The van der Waals surface area contributed by atoms with Crippen molar-refractivity contribution in [3.8, 4) is 0 Å². The lowest BCUT2D eigenvalue weighted by atomic mass is 9.99. The van der Waals surface area contributed by atoms with E-state index in [-0.39, 0.29) is 12.4 Å². The van der Waals surface area contributed by atoms with Crippen LogP contribution in [-0.4, -0.2) is 22.9 Å². The third-order valence-electron chi connectivity index (χ3n) is 2.57. The summed E-state index contributed by atoms with van der Waals surface area (Å²) in [5.41, 5.74) is 6.45. The Kier molecular flexibility index (Phi) is 3.84. The molecule has 0 radical (unpaired) electrons. The summed E-state index contributed by atoms with van der Waals surface area (Å²) in [6, 6.07) is 9.08. The third kappa shape index (κ3) is 3.54. The van der Waals surface area contributed by atoms with Crippen LogP contribution in [0.2, 0.25) is 0 Å². The summed E-state index contributed by atoms with van der Waals surface area (Å²) < 4.78 is 41.7. The molecular formula is C12H12F3N3O. The first-order valence-corrected chi connectivity index (χ1v) is 5.63. The number of benzene rings is 1. The number of nitrogens with zero attached hydrogens (tertiary/aromatic N) is 2. The zero-order chi connectivity index (χ0) is 13.9. The van der Waals surface area contributed by atoms with Crippen molar-refractivity contribution in [2.45, 2.75) is 18.5 Å². The fraction of sp³-hybridized carbons (Fsp3) is 0.333. The van der Waals surface area contributed by atoms with E-state index in [0.717, 1.165) is 5.56 Å². The molecule has 1 aromatic carbocycles. The fourth-order valence-electron chi connectivity index (χ4n) is 1.72. The van der Waals surface area contributed by atoms with Crippen molar-refractivity contribution in [3.63, 3.8) is 0 Å². The van der Waals surface area contributed by atoms with Crippen LogP contribution in [0.15, 0.2) is 34.7 Å². The van der Waals surface area contributed by atoms with Crippen LogP contribution in [0.4, 0.5) is 13.2 Å². The van der Waals surface area contributed by atoms with Crippen molar-refractivity contribution in [1.82, 2.24) is 10.2 Å². The number of hydrogen-bond acceptors (Lipinski definition) is 4. The van der Waals surface area contributed by atoms with E-state index in [9.17, 15) is 13.2 Å². The van der Waals surface area contributed by atoms with Gasteiger partial charge in [0, 0.05) is 6.54 Å². The molecule has 0 saturated carbocycles. The fourth-order valence-corrected chi connectivity index (χ4v) is 1.72. The summed E-state index contributed by atoms with van der Waals surface area (Å²) in [6.07, 6.45) is -5.60. The van der Waals surface area contributed by atoms with E-state index < -0.39 is 24.4 Å². The average molecular weight is 271 g/mol. The monoisotopic (exact) mass is 271 g/mol. The van der Waals surface area contributed by atoms with Gasteiger partial charge in [0.05, 0.1) is 5.92 Å². The lowest BCUT2D eigenvalue weighted by Crippen LogP contribution is -2.14. The van der Waals surface area contributed by atoms with Gasteiger partial charge >= 0.3 is 6.18 Å². The molecule has 0 aliphatic heterocycles. The predicted octanol–water partition coefficient (Wildman–Crippen LogP) is 2.27. The topological polar surface area (TPSA) is 64.9 Å². The molecule has 0 aliphatic carbocycles. The molecule has 1 heterocycles. The molecule has 1 atom stereocenters. The van der Waals surface area contributed by atoms with E-state index in [1.54, 1.807) is 0 Å². The van der Waals surface area contributed by atoms with Crippen LogP contribution in [0.1, 0.15) is 23.3 Å². The molecule has 2 aromatic rings. The third-order valence-corrected chi connectivity index (χ3v) is 2.57. The van der Waals surface area contributed by atoms with E-state index in [2.05, 4.69) is 10.2 Å². The van der Waals surface area contributed by atoms with Gasteiger partial charge in [0.15, 0.2) is 0 Å². The maximum absolute atomic E-state index is 12.2. The smallest absolute Gasteiger partial charge is 0.397 e. The molecule has 19 heavy (non-hydrogen) atoms. The molecular weight excluding hydrogens is 259 g/mol. The van der Waals surface area contributed by atoms with Crippen LogP contribution in [-0.2, 0) is 6.42 Å². The van der Waals surface area contributed by atoms with E-state index in [1.807, 2.05) is 30.3 Å². The number of halogens is 3. The highest BCUT2D eigenvalue weighted by atomic mass is 19.4. The molecule has 0 fully saturated rings. The van der Waals surface area contributed by atoms with Gasteiger partial charge in [-0.3, -0.25) is 0 Å². The number of aromatic nitrogens is 2. The first-order chi connectivity index (χ1) is 8.99. The summed E-state index contributed by atoms with van der Waals surface area (Å²) in [5.74, 6) is -0.736. The van der Waals surface area contributed by atoms with Crippen molar-refractivity contribution in [1.29, 1.82) is 0 Å². The van der Waals surface area contributed by atoms with Gasteiger partial charge in [0.2, 0.25) is 11.8 Å². The van der Waals surface area contributed by atoms with Gasteiger partial charge in [0.25, 0.3) is 0 Å². The zero-order valence-corrected chi connectivity index (χ0v) is 9.89. The molecule has 2 rings (SSSR count). The first-order valence-electron chi connectivity index (χ1n) is 5.63. The van der Waals surface area contributed by atoms with E-state index in [4.69, 9.17) is 10.2 Å². The Hall–Kier alpha value is -1.89. The van der Waals surface area contributed by atoms with Crippen LogP contribution in [0, 0.1) is 0 Å². The quantitative estimate of drug-likeness (QED) is 0.926. The number of nitrogens with two attached hydrogens (primary N) is 1. The normalized spacial score (nSPS) is 13.5. The van der Waals surface area contributed by atoms with Gasteiger partial charge in [-0.25, -0.2) is 0 Å². The molecule has 1 unspecified atom stereocenters. The molecule has 4 nitrogen and oxygen atoms in total. The van der Waals surface area contributed by atoms with Gasteiger partial charge < -0.3 is 10.2 Å². The predicted molar refractivity (Wildman–Crippen MR) is 61.4 cm³/mol. The largest absolute Gasteiger partial charge is 0.424 e. The van der Waals surface area contributed by atoms with E-state index in [1.165, 1.54) is 0 Å². The zero-order valence-electron chi connectivity index (χ0n) is 9.89. The maximum Gasteiger partial charge on any atom is 0.397 e. The summed E-state index contributed by atoms with van der Waals surface area (Å²) in [7, 11) is 0. The lowest BCUT2D eigenvalue weighted by molar-refractivity contribution is -0.130. The molecule has 1 aromatic heterocycles. The second kappa shape index (κ2) is 5.40. The Morgan fingerprint density at radius 2 is 1.84 bits per heavy atom. The summed E-state index contributed by atoms with van der Waals surface area (Å²) >= 11 is 0. The van der Waals surface area contributed by atoms with Gasteiger partial charge in [-0.05, 0) is 5.56 Å². The maximum atomic E-state index is 12.2. The minimum atomic E-state index is -4.37. The minimum absolute atomic E-state index is 0.105. The Labute approximate surface area is 107 Å². The molecule has 0 saturated heterocycles. The molecule has 7 heteroatoms. The van der Waals surface area contributed by atoms with Crippen LogP contribution in [0.5, 0.6) is 0 Å². The van der Waals surface area contributed by atoms with Crippen LogP contribution < -0.4 is 5.73 Å². The Morgan fingerprint density at radius 3 is 2.42 bits per heavy atom. The van der Waals surface area contributed by atoms with Crippen molar-refractivity contribution < 1.29 is 17.6 Å². The lowest BCUT2D eigenvalue weighted by Gasteiger charge is -2.10. The number of alkyl halides is 3. The molecule has 2 N–H and O–H groups in total. The molecule has 0 spiro atoms. The minimum Gasteiger partial charge on any atom is -0.424 e. The Morgan fingerprint density at radius 1 is 1.16 bits per heavy atom. The standard InChI is InChI=1S/C12H12F3N3O/c13-12(14,15)6-10-17-18-11(19-10)9(7-16)8-4-2-1-3-5-8/h1-5,9H,6-7,16H2.